The number of carbonyl (C=O) groups excluding carboxylic acids is 1. The summed E-state index contributed by atoms with van der Waals surface area (Å²) in [6.45, 7) is 1.35. The molecule has 0 atom stereocenters. The quantitative estimate of drug-likeness (QED) is 0.710. The summed E-state index contributed by atoms with van der Waals surface area (Å²) in [4.78, 5) is 13.2. The van der Waals surface area contributed by atoms with Crippen LogP contribution in [-0.2, 0) is 21.2 Å². The average Bonchev–Trinajstić information content (AvgIpc) is 2.77. The van der Waals surface area contributed by atoms with Crippen LogP contribution in [0.15, 0.2) is 18.5 Å². The van der Waals surface area contributed by atoms with Gasteiger partial charge in [-0.25, -0.2) is 8.42 Å². The van der Waals surface area contributed by atoms with E-state index in [-0.39, 0.29) is 18.1 Å². The van der Waals surface area contributed by atoms with Crippen LogP contribution in [-0.4, -0.2) is 54.6 Å². The van der Waals surface area contributed by atoms with E-state index >= 15 is 0 Å². The fraction of sp³-hybridized carbons (Fsp3) is 0.636. The average molecular weight is 273 g/mol. The Hall–Kier alpha value is -1.37. The Balaban J connectivity index is 2.23. The van der Waals surface area contributed by atoms with Gasteiger partial charge >= 0.3 is 0 Å². The maximum absolute atomic E-state index is 11.6. The van der Waals surface area contributed by atoms with Gasteiger partial charge in [0.25, 0.3) is 0 Å². The predicted octanol–water partition coefficient (Wildman–Crippen LogP) is 0.166. The van der Waals surface area contributed by atoms with Crippen molar-refractivity contribution >= 4 is 15.7 Å². The molecule has 102 valence electrons. The molecule has 0 saturated carbocycles. The van der Waals surface area contributed by atoms with Gasteiger partial charge in [-0.05, 0) is 12.5 Å². The molecule has 0 spiro atoms. The Morgan fingerprint density at radius 1 is 1.44 bits per heavy atom. The van der Waals surface area contributed by atoms with Crippen molar-refractivity contribution in [2.24, 2.45) is 0 Å². The highest BCUT2D eigenvalue weighted by Crippen LogP contribution is 1.98. The summed E-state index contributed by atoms with van der Waals surface area (Å²) in [5, 5.41) is 4.06. The molecule has 0 radical (unpaired) electrons. The SMILES string of the molecule is CN(CCCn1cccn1)C(=O)CCS(C)(=O)=O. The summed E-state index contributed by atoms with van der Waals surface area (Å²) in [7, 11) is -1.38. The number of rotatable bonds is 7. The van der Waals surface area contributed by atoms with Crippen LogP contribution in [0, 0.1) is 0 Å². The van der Waals surface area contributed by atoms with Crippen molar-refractivity contribution in [3.8, 4) is 0 Å². The standard InChI is InChI=1S/C11H19N3O3S/c1-13(11(15)5-10-18(2,16)17)7-4-9-14-8-3-6-12-14/h3,6,8H,4-5,7,9-10H2,1-2H3. The molecule has 0 saturated heterocycles. The minimum atomic E-state index is -3.07. The van der Waals surface area contributed by atoms with E-state index in [9.17, 15) is 13.2 Å². The number of aromatic nitrogens is 2. The van der Waals surface area contributed by atoms with E-state index < -0.39 is 9.84 Å². The Bertz CT molecular complexity index is 468. The molecule has 1 aromatic rings. The summed E-state index contributed by atoms with van der Waals surface area (Å²) in [6.07, 6.45) is 5.56. The third kappa shape index (κ3) is 5.81. The number of aryl methyl sites for hydroxylation is 1. The highest BCUT2D eigenvalue weighted by molar-refractivity contribution is 7.90. The summed E-state index contributed by atoms with van der Waals surface area (Å²) >= 11 is 0. The number of hydrogen-bond acceptors (Lipinski definition) is 4. The van der Waals surface area contributed by atoms with Crippen molar-refractivity contribution in [3.05, 3.63) is 18.5 Å². The number of sulfone groups is 1. The van der Waals surface area contributed by atoms with Crippen molar-refractivity contribution in [2.75, 3.05) is 25.6 Å². The lowest BCUT2D eigenvalue weighted by Gasteiger charge is -2.16. The third-order valence-corrected chi connectivity index (χ3v) is 3.50. The van der Waals surface area contributed by atoms with Crippen LogP contribution < -0.4 is 0 Å². The molecule has 1 heterocycles. The number of amides is 1. The van der Waals surface area contributed by atoms with Gasteiger partial charge in [0.15, 0.2) is 0 Å². The minimum absolute atomic E-state index is 0.0527. The highest BCUT2D eigenvalue weighted by Gasteiger charge is 2.11. The fourth-order valence-corrected chi connectivity index (χ4v) is 2.04. The molecule has 0 aromatic carbocycles. The normalized spacial score (nSPS) is 11.4. The Morgan fingerprint density at radius 3 is 2.72 bits per heavy atom. The topological polar surface area (TPSA) is 72.3 Å². The van der Waals surface area contributed by atoms with Crippen LogP contribution in [0.1, 0.15) is 12.8 Å². The van der Waals surface area contributed by atoms with E-state index in [1.807, 2.05) is 12.3 Å². The zero-order valence-electron chi connectivity index (χ0n) is 10.7. The van der Waals surface area contributed by atoms with E-state index in [4.69, 9.17) is 0 Å². The molecular formula is C11H19N3O3S. The molecule has 0 N–H and O–H groups in total. The second kappa shape index (κ2) is 6.53. The van der Waals surface area contributed by atoms with Gasteiger partial charge in [0.05, 0.1) is 5.75 Å². The first-order chi connectivity index (χ1) is 8.38. The van der Waals surface area contributed by atoms with Gasteiger partial charge in [0.1, 0.15) is 9.84 Å². The minimum Gasteiger partial charge on any atom is -0.346 e. The molecule has 0 aliphatic rings. The van der Waals surface area contributed by atoms with Gasteiger partial charge in [-0.3, -0.25) is 9.48 Å². The molecule has 0 aliphatic carbocycles. The number of carbonyl (C=O) groups is 1. The van der Waals surface area contributed by atoms with Gasteiger partial charge < -0.3 is 4.90 Å². The Morgan fingerprint density at radius 2 is 2.17 bits per heavy atom. The van der Waals surface area contributed by atoms with Crippen LogP contribution in [0.2, 0.25) is 0 Å². The first-order valence-electron chi connectivity index (χ1n) is 5.77. The zero-order valence-corrected chi connectivity index (χ0v) is 11.6. The Kier molecular flexibility index (Phi) is 5.33. The summed E-state index contributed by atoms with van der Waals surface area (Å²) in [6, 6.07) is 1.85. The predicted molar refractivity (Wildman–Crippen MR) is 68.8 cm³/mol. The van der Waals surface area contributed by atoms with Crippen molar-refractivity contribution < 1.29 is 13.2 Å². The third-order valence-electron chi connectivity index (χ3n) is 2.55. The van der Waals surface area contributed by atoms with Gasteiger partial charge in [0, 0.05) is 45.2 Å². The smallest absolute Gasteiger partial charge is 0.223 e. The Labute approximate surface area is 108 Å². The lowest BCUT2D eigenvalue weighted by atomic mass is 10.3. The molecule has 6 nitrogen and oxygen atoms in total. The molecule has 0 aliphatic heterocycles. The molecule has 0 fully saturated rings. The van der Waals surface area contributed by atoms with Gasteiger partial charge in [0.2, 0.25) is 5.91 Å². The molecule has 0 bridgehead atoms. The number of nitrogens with zero attached hydrogens (tertiary/aromatic N) is 3. The zero-order chi connectivity index (χ0) is 13.6. The van der Waals surface area contributed by atoms with E-state index in [1.165, 1.54) is 0 Å². The van der Waals surface area contributed by atoms with Crippen molar-refractivity contribution in [1.29, 1.82) is 0 Å². The maximum Gasteiger partial charge on any atom is 0.223 e. The fourth-order valence-electron chi connectivity index (χ4n) is 1.49. The molecule has 1 amide bonds. The maximum atomic E-state index is 11.6. The van der Waals surface area contributed by atoms with E-state index in [2.05, 4.69) is 5.10 Å². The molecule has 18 heavy (non-hydrogen) atoms. The van der Waals surface area contributed by atoms with Crippen molar-refractivity contribution in [3.63, 3.8) is 0 Å². The van der Waals surface area contributed by atoms with Crippen LogP contribution in [0.5, 0.6) is 0 Å². The molecule has 1 rings (SSSR count). The molecule has 7 heteroatoms. The highest BCUT2D eigenvalue weighted by atomic mass is 32.2. The molecular weight excluding hydrogens is 254 g/mol. The largest absolute Gasteiger partial charge is 0.346 e. The van der Waals surface area contributed by atoms with Gasteiger partial charge in [-0.15, -0.1) is 0 Å². The lowest BCUT2D eigenvalue weighted by molar-refractivity contribution is -0.129. The summed E-state index contributed by atoms with van der Waals surface area (Å²) in [5.74, 6) is -0.226. The second-order valence-corrected chi connectivity index (χ2v) is 6.58. The van der Waals surface area contributed by atoms with E-state index in [0.717, 1.165) is 19.2 Å². The van der Waals surface area contributed by atoms with Gasteiger partial charge in [-0.2, -0.15) is 5.10 Å². The van der Waals surface area contributed by atoms with Gasteiger partial charge in [-0.1, -0.05) is 0 Å². The lowest BCUT2D eigenvalue weighted by Crippen LogP contribution is -2.29. The monoisotopic (exact) mass is 273 g/mol. The van der Waals surface area contributed by atoms with Crippen molar-refractivity contribution in [1.82, 2.24) is 14.7 Å². The van der Waals surface area contributed by atoms with Crippen molar-refractivity contribution in [2.45, 2.75) is 19.4 Å². The van der Waals surface area contributed by atoms with E-state index in [0.29, 0.717) is 6.54 Å². The first kappa shape index (κ1) is 14.7. The number of hydrogen-bond donors (Lipinski definition) is 0. The first-order valence-corrected chi connectivity index (χ1v) is 7.83. The summed E-state index contributed by atoms with van der Waals surface area (Å²) < 4.78 is 23.7. The van der Waals surface area contributed by atoms with Crippen LogP contribution in [0.25, 0.3) is 0 Å². The molecule has 0 unspecified atom stereocenters. The van der Waals surface area contributed by atoms with Crippen LogP contribution in [0.3, 0.4) is 0 Å². The van der Waals surface area contributed by atoms with Crippen LogP contribution >= 0.6 is 0 Å². The van der Waals surface area contributed by atoms with Crippen LogP contribution in [0.4, 0.5) is 0 Å². The second-order valence-electron chi connectivity index (χ2n) is 4.32. The van der Waals surface area contributed by atoms with E-state index in [1.54, 1.807) is 22.8 Å². The summed E-state index contributed by atoms with van der Waals surface area (Å²) in [5.41, 5.74) is 0. The molecule has 1 aromatic heterocycles.